The largest absolute Gasteiger partial charge is 0.508 e. The van der Waals surface area contributed by atoms with E-state index in [1.54, 1.807) is 17.0 Å². The summed E-state index contributed by atoms with van der Waals surface area (Å²) >= 11 is 0. The third-order valence-corrected chi connectivity index (χ3v) is 6.90. The molecule has 3 fully saturated rings. The summed E-state index contributed by atoms with van der Waals surface area (Å²) in [6.45, 7) is 4.60. The molecule has 0 aromatic heterocycles. The lowest BCUT2D eigenvalue weighted by molar-refractivity contribution is -0.147. The van der Waals surface area contributed by atoms with Crippen LogP contribution in [0.3, 0.4) is 0 Å². The Kier molecular flexibility index (Phi) is 6.58. The van der Waals surface area contributed by atoms with Gasteiger partial charge in [0.05, 0.1) is 0 Å². The van der Waals surface area contributed by atoms with Crippen LogP contribution in [0.4, 0.5) is 0 Å². The normalized spacial score (nSPS) is 28.7. The Morgan fingerprint density at radius 1 is 0.879 bits per heavy atom. The fourth-order valence-electron chi connectivity index (χ4n) is 5.08. The Bertz CT molecular complexity index is 931. The molecule has 0 radical (unpaired) electrons. The SMILES string of the molecule is CC(C)C1NC(=O)C2CCCN2C(=O)C(Cc2ccc(O)cc2)NC(=O)C2CCCN2C1=O. The summed E-state index contributed by atoms with van der Waals surface area (Å²) in [6.07, 6.45) is 2.63. The van der Waals surface area contributed by atoms with Crippen molar-refractivity contribution >= 4 is 23.6 Å². The molecule has 4 atom stereocenters. The second-order valence-electron chi connectivity index (χ2n) is 9.54. The molecule has 4 amide bonds. The van der Waals surface area contributed by atoms with Crippen molar-refractivity contribution in [1.82, 2.24) is 20.4 Å². The van der Waals surface area contributed by atoms with E-state index < -0.39 is 24.2 Å². The number of phenolic OH excluding ortho intramolecular Hbond substituents is 1. The highest BCUT2D eigenvalue weighted by Crippen LogP contribution is 2.25. The fraction of sp³-hybridized carbons (Fsp3) is 0.583. The number of aromatic hydroxyl groups is 1. The number of phenols is 1. The van der Waals surface area contributed by atoms with E-state index in [9.17, 15) is 24.3 Å². The van der Waals surface area contributed by atoms with Gasteiger partial charge >= 0.3 is 0 Å². The molecule has 9 heteroatoms. The van der Waals surface area contributed by atoms with Gasteiger partial charge in [0.25, 0.3) is 0 Å². The summed E-state index contributed by atoms with van der Waals surface area (Å²) in [4.78, 5) is 56.5. The van der Waals surface area contributed by atoms with Crippen molar-refractivity contribution in [3.05, 3.63) is 29.8 Å². The van der Waals surface area contributed by atoms with Gasteiger partial charge in [-0.15, -0.1) is 0 Å². The summed E-state index contributed by atoms with van der Waals surface area (Å²) in [5.41, 5.74) is 0.776. The highest BCUT2D eigenvalue weighted by atomic mass is 16.3. The number of hydrogen-bond acceptors (Lipinski definition) is 5. The standard InChI is InChI=1S/C24H32N4O5/c1-14(2)20-24(33)28-12-4-5-18(28)21(30)25-17(13-15-7-9-16(29)10-8-15)23(32)27-11-3-6-19(27)22(31)26-20/h7-10,14,17-20,29H,3-6,11-13H2,1-2H3,(H,25,30)(H,26,31). The molecule has 3 N–H and O–H groups in total. The Morgan fingerprint density at radius 3 is 2.00 bits per heavy atom. The molecule has 3 aliphatic heterocycles. The van der Waals surface area contributed by atoms with Gasteiger partial charge in [-0.1, -0.05) is 26.0 Å². The lowest BCUT2D eigenvalue weighted by Crippen LogP contribution is -2.62. The Balaban J connectivity index is 1.68. The Morgan fingerprint density at radius 2 is 1.42 bits per heavy atom. The topological polar surface area (TPSA) is 119 Å². The average molecular weight is 457 g/mol. The molecule has 1 aromatic carbocycles. The van der Waals surface area contributed by atoms with Gasteiger partial charge in [0.1, 0.15) is 29.9 Å². The van der Waals surface area contributed by atoms with E-state index in [1.165, 1.54) is 17.0 Å². The molecule has 178 valence electrons. The predicted molar refractivity (Wildman–Crippen MR) is 120 cm³/mol. The summed E-state index contributed by atoms with van der Waals surface area (Å²) in [7, 11) is 0. The molecule has 0 aliphatic carbocycles. The van der Waals surface area contributed by atoms with Crippen LogP contribution in [0.5, 0.6) is 5.75 Å². The molecule has 3 saturated heterocycles. The minimum atomic E-state index is -0.867. The number of hydrogen-bond donors (Lipinski definition) is 3. The first kappa shape index (κ1) is 23.1. The third kappa shape index (κ3) is 4.67. The van der Waals surface area contributed by atoms with Gasteiger partial charge in [-0.25, -0.2) is 0 Å². The molecule has 3 aliphatic rings. The zero-order chi connectivity index (χ0) is 23.7. The van der Waals surface area contributed by atoms with E-state index in [0.717, 1.165) is 5.56 Å². The van der Waals surface area contributed by atoms with Crippen LogP contribution in [0.25, 0.3) is 0 Å². The van der Waals surface area contributed by atoms with Crippen LogP contribution < -0.4 is 10.6 Å². The molecule has 0 saturated carbocycles. The van der Waals surface area contributed by atoms with E-state index in [1.807, 2.05) is 13.8 Å². The highest BCUT2D eigenvalue weighted by molar-refractivity contribution is 5.98. The molecule has 1 aromatic rings. The highest BCUT2D eigenvalue weighted by Gasteiger charge is 2.44. The number of carbonyl (C=O) groups is 4. The van der Waals surface area contributed by atoms with Crippen LogP contribution in [0, 0.1) is 5.92 Å². The van der Waals surface area contributed by atoms with Crippen molar-refractivity contribution in [2.24, 2.45) is 5.92 Å². The lowest BCUT2D eigenvalue weighted by Gasteiger charge is -2.35. The smallest absolute Gasteiger partial charge is 0.246 e. The van der Waals surface area contributed by atoms with Gasteiger partial charge in [-0.3, -0.25) is 19.2 Å². The molecular weight excluding hydrogens is 424 g/mol. The summed E-state index contributed by atoms with van der Waals surface area (Å²) < 4.78 is 0. The van der Waals surface area contributed by atoms with E-state index in [2.05, 4.69) is 10.6 Å². The van der Waals surface area contributed by atoms with E-state index in [0.29, 0.717) is 38.8 Å². The first-order chi connectivity index (χ1) is 15.8. The third-order valence-electron chi connectivity index (χ3n) is 6.90. The van der Waals surface area contributed by atoms with Crippen molar-refractivity contribution < 1.29 is 24.3 Å². The Hall–Kier alpha value is -3.10. The van der Waals surface area contributed by atoms with Crippen LogP contribution >= 0.6 is 0 Å². The maximum atomic E-state index is 13.6. The number of nitrogens with one attached hydrogen (secondary N) is 2. The molecule has 4 rings (SSSR count). The first-order valence-electron chi connectivity index (χ1n) is 11.8. The molecular formula is C24H32N4O5. The second kappa shape index (κ2) is 9.41. The van der Waals surface area contributed by atoms with Crippen LogP contribution in [0.2, 0.25) is 0 Å². The van der Waals surface area contributed by atoms with Gasteiger partial charge in [-0.2, -0.15) is 0 Å². The number of rotatable bonds is 3. The number of benzene rings is 1. The predicted octanol–water partition coefficient (Wildman–Crippen LogP) is 0.556. The second-order valence-corrected chi connectivity index (χ2v) is 9.54. The molecule has 33 heavy (non-hydrogen) atoms. The number of fused-ring (bicyclic) bond motifs is 2. The lowest BCUT2D eigenvalue weighted by atomic mass is 10.00. The van der Waals surface area contributed by atoms with Crippen LogP contribution in [-0.2, 0) is 25.6 Å². The van der Waals surface area contributed by atoms with Gasteiger partial charge < -0.3 is 25.5 Å². The van der Waals surface area contributed by atoms with Crippen molar-refractivity contribution in [1.29, 1.82) is 0 Å². The maximum Gasteiger partial charge on any atom is 0.246 e. The number of carbonyl (C=O) groups excluding carboxylic acids is 4. The van der Waals surface area contributed by atoms with Crippen LogP contribution in [0.15, 0.2) is 24.3 Å². The Labute approximate surface area is 193 Å². The van der Waals surface area contributed by atoms with Crippen molar-refractivity contribution in [3.8, 4) is 5.75 Å². The zero-order valence-corrected chi connectivity index (χ0v) is 19.1. The van der Waals surface area contributed by atoms with Gasteiger partial charge in [-0.05, 0) is 49.3 Å². The van der Waals surface area contributed by atoms with Crippen molar-refractivity contribution in [2.45, 2.75) is 70.1 Å². The summed E-state index contributed by atoms with van der Waals surface area (Å²) in [5.74, 6) is -1.25. The molecule has 9 nitrogen and oxygen atoms in total. The molecule has 0 spiro atoms. The maximum absolute atomic E-state index is 13.6. The quantitative estimate of drug-likeness (QED) is 0.614. The first-order valence-corrected chi connectivity index (χ1v) is 11.8. The van der Waals surface area contributed by atoms with E-state index in [-0.39, 0.29) is 41.7 Å². The van der Waals surface area contributed by atoms with Gasteiger partial charge in [0.15, 0.2) is 0 Å². The van der Waals surface area contributed by atoms with Crippen LogP contribution in [-0.4, -0.2) is 75.8 Å². The van der Waals surface area contributed by atoms with Crippen LogP contribution in [0.1, 0.15) is 45.1 Å². The zero-order valence-electron chi connectivity index (χ0n) is 19.1. The molecule has 4 unspecified atom stereocenters. The average Bonchev–Trinajstić information content (AvgIpc) is 3.46. The minimum Gasteiger partial charge on any atom is -0.508 e. The minimum absolute atomic E-state index is 0.115. The summed E-state index contributed by atoms with van der Waals surface area (Å²) in [6, 6.07) is 3.54. The van der Waals surface area contributed by atoms with Crippen molar-refractivity contribution in [3.63, 3.8) is 0 Å². The molecule has 3 heterocycles. The van der Waals surface area contributed by atoms with Gasteiger partial charge in [0, 0.05) is 19.5 Å². The molecule has 0 bridgehead atoms. The number of nitrogens with zero attached hydrogens (tertiary/aromatic N) is 2. The van der Waals surface area contributed by atoms with Gasteiger partial charge in [0.2, 0.25) is 23.6 Å². The van der Waals surface area contributed by atoms with E-state index >= 15 is 0 Å². The fourth-order valence-corrected chi connectivity index (χ4v) is 5.08. The van der Waals surface area contributed by atoms with Crippen molar-refractivity contribution in [2.75, 3.05) is 13.1 Å². The van der Waals surface area contributed by atoms with E-state index in [4.69, 9.17) is 0 Å². The summed E-state index contributed by atoms with van der Waals surface area (Å²) in [5, 5.41) is 15.4. The monoisotopic (exact) mass is 456 g/mol. The number of amides is 4.